The van der Waals surface area contributed by atoms with E-state index in [0.29, 0.717) is 12.0 Å². The van der Waals surface area contributed by atoms with E-state index in [2.05, 4.69) is 43.0 Å². The number of hydrogen-bond donors (Lipinski definition) is 0. The molecular formula is C20H29ClN2O. The molecule has 0 aliphatic heterocycles. The van der Waals surface area contributed by atoms with E-state index in [4.69, 9.17) is 11.6 Å². The van der Waals surface area contributed by atoms with E-state index >= 15 is 0 Å². The molecule has 1 aromatic rings. The number of carbonyl (C=O) groups excluding carboxylic acids is 1. The number of likely N-dealkylation sites (N-methyl/N-ethyl adjacent to an activating group) is 1. The summed E-state index contributed by atoms with van der Waals surface area (Å²) >= 11 is 6.21. The van der Waals surface area contributed by atoms with Crippen LogP contribution in [0.25, 0.3) is 0 Å². The van der Waals surface area contributed by atoms with Crippen molar-refractivity contribution in [1.29, 1.82) is 0 Å². The van der Waals surface area contributed by atoms with Gasteiger partial charge in [0, 0.05) is 17.1 Å². The fourth-order valence-corrected chi connectivity index (χ4v) is 4.38. The predicted octanol–water partition coefficient (Wildman–Crippen LogP) is 4.16. The Morgan fingerprint density at radius 3 is 2.33 bits per heavy atom. The molecule has 2 aliphatic rings. The van der Waals surface area contributed by atoms with Crippen LogP contribution < -0.4 is 4.90 Å². The SMILES string of the molecule is CC1CCCC(N(C(=O)C2CC2Cl)c2ccccc2)C(N(C)C)C1. The predicted molar refractivity (Wildman–Crippen MR) is 101 cm³/mol. The van der Waals surface area contributed by atoms with Gasteiger partial charge in [0.15, 0.2) is 0 Å². The molecule has 2 saturated carbocycles. The van der Waals surface area contributed by atoms with Gasteiger partial charge in [-0.05, 0) is 51.4 Å². The van der Waals surface area contributed by atoms with Gasteiger partial charge in [0.2, 0.25) is 5.91 Å². The largest absolute Gasteiger partial charge is 0.308 e. The van der Waals surface area contributed by atoms with Gasteiger partial charge in [-0.25, -0.2) is 0 Å². The average Bonchev–Trinajstić information content (AvgIpc) is 3.31. The third-order valence-electron chi connectivity index (χ3n) is 5.58. The van der Waals surface area contributed by atoms with Crippen LogP contribution in [0.1, 0.15) is 39.0 Å². The highest BCUT2D eigenvalue weighted by Crippen LogP contribution is 2.41. The van der Waals surface area contributed by atoms with Gasteiger partial charge in [-0.15, -0.1) is 11.6 Å². The van der Waals surface area contributed by atoms with E-state index in [0.717, 1.165) is 24.9 Å². The number of rotatable bonds is 4. The Labute approximate surface area is 151 Å². The molecule has 132 valence electrons. The molecule has 24 heavy (non-hydrogen) atoms. The average molecular weight is 349 g/mol. The first-order valence-corrected chi connectivity index (χ1v) is 9.61. The Kier molecular flexibility index (Phi) is 5.51. The van der Waals surface area contributed by atoms with E-state index in [1.54, 1.807) is 0 Å². The number of nitrogens with zero attached hydrogens (tertiary/aromatic N) is 2. The Morgan fingerprint density at radius 2 is 1.75 bits per heavy atom. The van der Waals surface area contributed by atoms with Crippen molar-refractivity contribution in [1.82, 2.24) is 4.90 Å². The number of hydrogen-bond acceptors (Lipinski definition) is 2. The Bertz CT molecular complexity index is 562. The van der Waals surface area contributed by atoms with Crippen molar-refractivity contribution >= 4 is 23.2 Å². The van der Waals surface area contributed by atoms with Gasteiger partial charge in [-0.1, -0.05) is 38.0 Å². The summed E-state index contributed by atoms with van der Waals surface area (Å²) in [5, 5.41) is 0.0196. The molecule has 3 rings (SSSR count). The van der Waals surface area contributed by atoms with Crippen molar-refractivity contribution in [3.8, 4) is 0 Å². The van der Waals surface area contributed by atoms with Crippen LogP contribution in [0.15, 0.2) is 30.3 Å². The van der Waals surface area contributed by atoms with E-state index in [9.17, 15) is 4.79 Å². The van der Waals surface area contributed by atoms with Crippen LogP contribution in [0, 0.1) is 11.8 Å². The van der Waals surface area contributed by atoms with Gasteiger partial charge < -0.3 is 9.80 Å². The van der Waals surface area contributed by atoms with Crippen LogP contribution in [-0.4, -0.2) is 42.4 Å². The molecule has 0 aromatic heterocycles. The lowest BCUT2D eigenvalue weighted by Crippen LogP contribution is -2.52. The zero-order valence-electron chi connectivity index (χ0n) is 15.0. The van der Waals surface area contributed by atoms with Crippen LogP contribution in [0.4, 0.5) is 5.69 Å². The summed E-state index contributed by atoms with van der Waals surface area (Å²) in [5.41, 5.74) is 1.02. The summed E-state index contributed by atoms with van der Waals surface area (Å²) in [6.45, 7) is 2.34. The minimum Gasteiger partial charge on any atom is -0.308 e. The topological polar surface area (TPSA) is 23.6 Å². The molecule has 0 saturated heterocycles. The summed E-state index contributed by atoms with van der Waals surface area (Å²) in [6, 6.07) is 10.8. The zero-order valence-corrected chi connectivity index (χ0v) is 15.7. The lowest BCUT2D eigenvalue weighted by Gasteiger charge is -2.40. The Morgan fingerprint density at radius 1 is 1.08 bits per heavy atom. The molecule has 2 fully saturated rings. The maximum Gasteiger partial charge on any atom is 0.231 e. The smallest absolute Gasteiger partial charge is 0.231 e. The number of halogens is 1. The van der Waals surface area contributed by atoms with Gasteiger partial charge in [-0.3, -0.25) is 4.79 Å². The van der Waals surface area contributed by atoms with Gasteiger partial charge in [-0.2, -0.15) is 0 Å². The second kappa shape index (κ2) is 7.45. The van der Waals surface area contributed by atoms with Crippen molar-refractivity contribution in [3.63, 3.8) is 0 Å². The summed E-state index contributed by atoms with van der Waals surface area (Å²) in [6.07, 6.45) is 5.46. The molecule has 5 atom stereocenters. The maximum absolute atomic E-state index is 13.2. The molecule has 4 heteroatoms. The van der Waals surface area contributed by atoms with Crippen LogP contribution >= 0.6 is 11.6 Å². The summed E-state index contributed by atoms with van der Waals surface area (Å²) in [7, 11) is 4.29. The van der Waals surface area contributed by atoms with Gasteiger partial charge in [0.25, 0.3) is 0 Å². The Balaban J connectivity index is 1.94. The first kappa shape index (κ1) is 17.8. The molecule has 1 amide bonds. The molecule has 0 N–H and O–H groups in total. The second-order valence-corrected chi connectivity index (χ2v) is 8.33. The van der Waals surface area contributed by atoms with Crippen molar-refractivity contribution in [3.05, 3.63) is 30.3 Å². The maximum atomic E-state index is 13.2. The fraction of sp³-hybridized carbons (Fsp3) is 0.650. The number of anilines is 1. The lowest BCUT2D eigenvalue weighted by molar-refractivity contribution is -0.120. The highest BCUT2D eigenvalue weighted by Gasteiger charge is 2.47. The minimum absolute atomic E-state index is 0.00429. The number of alkyl halides is 1. The quantitative estimate of drug-likeness (QED) is 0.602. The van der Waals surface area contributed by atoms with Crippen molar-refractivity contribution in [2.75, 3.05) is 19.0 Å². The third kappa shape index (κ3) is 3.78. The number of benzene rings is 1. The number of para-hydroxylation sites is 1. The fourth-order valence-electron chi connectivity index (χ4n) is 4.08. The second-order valence-electron chi connectivity index (χ2n) is 7.77. The van der Waals surface area contributed by atoms with Gasteiger partial charge in [0.05, 0.1) is 12.0 Å². The van der Waals surface area contributed by atoms with Crippen molar-refractivity contribution < 1.29 is 4.79 Å². The van der Waals surface area contributed by atoms with E-state index in [1.165, 1.54) is 12.8 Å². The molecule has 2 aliphatic carbocycles. The van der Waals surface area contributed by atoms with Crippen LogP contribution in [0.2, 0.25) is 0 Å². The molecule has 0 spiro atoms. The number of carbonyl (C=O) groups is 1. The molecule has 1 aromatic carbocycles. The highest BCUT2D eigenvalue weighted by atomic mass is 35.5. The standard InChI is InChI=1S/C20H29ClN2O/c1-14-8-7-11-18(19(12-14)22(2)3)23(15-9-5-4-6-10-15)20(24)16-13-17(16)21/h4-6,9-10,14,16-19H,7-8,11-13H2,1-3H3. The minimum atomic E-state index is -0.00429. The van der Waals surface area contributed by atoms with Crippen molar-refractivity contribution in [2.24, 2.45) is 11.8 Å². The van der Waals surface area contributed by atoms with Crippen molar-refractivity contribution in [2.45, 2.75) is 56.5 Å². The van der Waals surface area contributed by atoms with E-state index < -0.39 is 0 Å². The molecule has 0 radical (unpaired) electrons. The molecule has 3 nitrogen and oxygen atoms in total. The monoisotopic (exact) mass is 348 g/mol. The number of amides is 1. The van der Waals surface area contributed by atoms with Crippen LogP contribution in [0.3, 0.4) is 0 Å². The van der Waals surface area contributed by atoms with Gasteiger partial charge >= 0.3 is 0 Å². The summed E-state index contributed by atoms with van der Waals surface area (Å²) in [5.74, 6) is 0.916. The zero-order chi connectivity index (χ0) is 17.3. The third-order valence-corrected chi connectivity index (χ3v) is 6.06. The first-order valence-electron chi connectivity index (χ1n) is 9.17. The molecule has 0 bridgehead atoms. The van der Waals surface area contributed by atoms with E-state index in [1.807, 2.05) is 18.2 Å². The Hall–Kier alpha value is -1.06. The summed E-state index contributed by atoms with van der Waals surface area (Å²) < 4.78 is 0. The highest BCUT2D eigenvalue weighted by molar-refractivity contribution is 6.25. The molecule has 0 heterocycles. The molecular weight excluding hydrogens is 320 g/mol. The normalized spacial score (nSPS) is 33.1. The van der Waals surface area contributed by atoms with Crippen LogP contribution in [0.5, 0.6) is 0 Å². The van der Waals surface area contributed by atoms with E-state index in [-0.39, 0.29) is 23.2 Å². The first-order chi connectivity index (χ1) is 11.5. The summed E-state index contributed by atoms with van der Waals surface area (Å²) in [4.78, 5) is 17.6. The molecule has 5 unspecified atom stereocenters. The van der Waals surface area contributed by atoms with Gasteiger partial charge in [0.1, 0.15) is 0 Å². The lowest BCUT2D eigenvalue weighted by atomic mass is 9.95. The van der Waals surface area contributed by atoms with Crippen LogP contribution in [-0.2, 0) is 4.79 Å².